The third-order valence-corrected chi connectivity index (χ3v) is 9.36. The van der Waals surface area contributed by atoms with Crippen LogP contribution in [0, 0.1) is 17.5 Å². The topological polar surface area (TPSA) is 157 Å². The third-order valence-electron chi connectivity index (χ3n) is 8.06. The smallest absolute Gasteiger partial charge is 0.410 e. The summed E-state index contributed by atoms with van der Waals surface area (Å²) in [7, 11) is -1.94. The van der Waals surface area contributed by atoms with E-state index in [0.29, 0.717) is 25.9 Å². The van der Waals surface area contributed by atoms with E-state index in [1.807, 2.05) is 0 Å². The highest BCUT2D eigenvalue weighted by atomic mass is 32.2. The predicted octanol–water partition coefficient (Wildman–Crippen LogP) is 0.674. The van der Waals surface area contributed by atoms with Crippen LogP contribution in [0.1, 0.15) is 25.3 Å². The number of halogens is 3. The lowest BCUT2D eigenvalue weighted by Crippen LogP contribution is -2.57. The number of sulfonamides is 1. The minimum atomic E-state index is -3.32. The Morgan fingerprint density at radius 3 is 2.40 bits per heavy atom. The highest BCUT2D eigenvalue weighted by Crippen LogP contribution is 2.36. The lowest BCUT2D eigenvalue weighted by atomic mass is 9.89. The Morgan fingerprint density at radius 1 is 1.14 bits per heavy atom. The molecule has 3 aliphatic rings. The molecule has 4 heterocycles. The van der Waals surface area contributed by atoms with Gasteiger partial charge in [-0.25, -0.2) is 35.4 Å². The highest BCUT2D eigenvalue weighted by Gasteiger charge is 2.49. The molecule has 6 atom stereocenters. The van der Waals surface area contributed by atoms with E-state index in [0.717, 1.165) is 18.4 Å². The molecule has 42 heavy (non-hydrogen) atoms. The number of aliphatic hydroxyl groups excluding tert-OH is 2. The summed E-state index contributed by atoms with van der Waals surface area (Å²) in [4.78, 5) is 14.3. The number of methoxy groups -OCH3 is 1. The van der Waals surface area contributed by atoms with Crippen molar-refractivity contribution in [3.63, 3.8) is 0 Å². The molecule has 0 saturated carbocycles. The first-order chi connectivity index (χ1) is 19.9. The zero-order chi connectivity index (χ0) is 30.3. The molecule has 1 aromatic carbocycles. The quantitative estimate of drug-likeness (QED) is 0.403. The number of aliphatic hydroxyl groups is 2. The summed E-state index contributed by atoms with van der Waals surface area (Å²) in [6, 6.07) is 0.369. The number of hydrogen-bond donors (Lipinski definition) is 2. The minimum absolute atomic E-state index is 0.000675. The maximum Gasteiger partial charge on any atom is 0.410 e. The van der Waals surface area contributed by atoms with Crippen molar-refractivity contribution >= 4 is 16.1 Å². The van der Waals surface area contributed by atoms with Crippen LogP contribution in [0.5, 0.6) is 0 Å². The molecular formula is C25H32F3N5O8S. The highest BCUT2D eigenvalue weighted by molar-refractivity contribution is 7.88. The van der Waals surface area contributed by atoms with Crippen LogP contribution in [0.25, 0.3) is 11.3 Å². The van der Waals surface area contributed by atoms with Gasteiger partial charge in [-0.1, -0.05) is 5.21 Å². The molecule has 3 fully saturated rings. The SMILES string of the molecule is CO[C@@H]1[C@@H](n2cc(-c3cc(F)c(F)c(F)c3)nn2)[C@@H](O)[C@@H](CO)O[C@@H]1C[C@@H]1CN(C2CCN(S(C)(=O)=O)CC2)C(=O)O1. The number of carbonyl (C=O) groups excluding carboxylic acids is 1. The summed E-state index contributed by atoms with van der Waals surface area (Å²) in [5, 5.41) is 28.9. The second-order valence-electron chi connectivity index (χ2n) is 10.7. The fourth-order valence-corrected chi connectivity index (χ4v) is 6.79. The molecule has 1 amide bonds. The molecule has 232 valence electrons. The maximum absolute atomic E-state index is 13.8. The van der Waals surface area contributed by atoms with Gasteiger partial charge in [0.15, 0.2) is 17.5 Å². The Labute approximate surface area is 239 Å². The molecule has 2 aromatic rings. The van der Waals surface area contributed by atoms with Crippen LogP contribution in [0.3, 0.4) is 0 Å². The number of amides is 1. The van der Waals surface area contributed by atoms with Crippen LogP contribution in [0.15, 0.2) is 18.3 Å². The average Bonchev–Trinajstić information content (AvgIpc) is 3.58. The Hall–Kier alpha value is -2.83. The van der Waals surface area contributed by atoms with Gasteiger partial charge in [-0.3, -0.25) is 0 Å². The minimum Gasteiger partial charge on any atom is -0.444 e. The first-order valence-electron chi connectivity index (χ1n) is 13.4. The van der Waals surface area contributed by atoms with Gasteiger partial charge in [0.25, 0.3) is 0 Å². The zero-order valence-electron chi connectivity index (χ0n) is 22.8. The van der Waals surface area contributed by atoms with E-state index in [1.54, 1.807) is 4.90 Å². The number of cyclic esters (lactones) is 1. The molecule has 3 aliphatic heterocycles. The summed E-state index contributed by atoms with van der Waals surface area (Å²) >= 11 is 0. The van der Waals surface area contributed by atoms with Gasteiger partial charge >= 0.3 is 6.09 Å². The Balaban J connectivity index is 1.31. The van der Waals surface area contributed by atoms with Gasteiger partial charge in [0, 0.05) is 38.2 Å². The van der Waals surface area contributed by atoms with E-state index < -0.39 is 76.7 Å². The van der Waals surface area contributed by atoms with Crippen molar-refractivity contribution in [3.8, 4) is 11.3 Å². The van der Waals surface area contributed by atoms with Gasteiger partial charge in [0.1, 0.15) is 36.2 Å². The monoisotopic (exact) mass is 619 g/mol. The molecule has 2 N–H and O–H groups in total. The largest absolute Gasteiger partial charge is 0.444 e. The first-order valence-corrected chi connectivity index (χ1v) is 15.2. The van der Waals surface area contributed by atoms with Gasteiger partial charge in [-0.15, -0.1) is 5.10 Å². The van der Waals surface area contributed by atoms with E-state index in [4.69, 9.17) is 14.2 Å². The molecule has 5 rings (SSSR count). The standard InChI is InChI=1S/C25H32F3N5O8S/c1-39-24-19(9-15-10-32(25(36)40-15)14-3-5-31(6-4-14)42(2,37)38)41-20(12-34)23(35)22(24)33-11-18(29-30-33)13-7-16(26)21(28)17(27)8-13/h7-8,11,14-15,19-20,22-24,34-35H,3-6,9-10,12H2,1-2H3/t15-,19-,20-,22+,23+,24+/m1/s1. The molecule has 13 nitrogen and oxygen atoms in total. The van der Waals surface area contributed by atoms with Crippen molar-refractivity contribution in [1.29, 1.82) is 0 Å². The number of piperidine rings is 1. The Morgan fingerprint density at radius 2 is 1.81 bits per heavy atom. The molecule has 0 unspecified atom stereocenters. The second-order valence-corrected chi connectivity index (χ2v) is 12.7. The van der Waals surface area contributed by atoms with Crippen LogP contribution in [0.2, 0.25) is 0 Å². The number of rotatable bonds is 8. The van der Waals surface area contributed by atoms with Crippen LogP contribution in [0.4, 0.5) is 18.0 Å². The molecule has 0 spiro atoms. The van der Waals surface area contributed by atoms with Crippen LogP contribution in [-0.2, 0) is 24.2 Å². The number of ether oxygens (including phenoxy) is 3. The molecular weight excluding hydrogens is 587 g/mol. The Bertz CT molecular complexity index is 1380. The van der Waals surface area contributed by atoms with Gasteiger partial charge in [0.05, 0.1) is 31.7 Å². The molecule has 0 bridgehead atoms. The van der Waals surface area contributed by atoms with Crippen molar-refractivity contribution in [3.05, 3.63) is 35.8 Å². The van der Waals surface area contributed by atoms with Gasteiger partial charge in [-0.05, 0) is 25.0 Å². The van der Waals surface area contributed by atoms with Crippen LogP contribution < -0.4 is 0 Å². The lowest BCUT2D eigenvalue weighted by molar-refractivity contribution is -0.217. The predicted molar refractivity (Wildman–Crippen MR) is 138 cm³/mol. The normalized spacial score (nSPS) is 29.7. The van der Waals surface area contributed by atoms with Gasteiger partial charge < -0.3 is 29.3 Å². The van der Waals surface area contributed by atoms with Crippen LogP contribution >= 0.6 is 0 Å². The lowest BCUT2D eigenvalue weighted by Gasteiger charge is -2.44. The maximum atomic E-state index is 13.8. The van der Waals surface area contributed by atoms with E-state index in [1.165, 1.54) is 22.3 Å². The number of aromatic nitrogens is 3. The number of carbonyl (C=O) groups is 1. The van der Waals surface area contributed by atoms with Gasteiger partial charge in [-0.2, -0.15) is 0 Å². The number of nitrogens with zero attached hydrogens (tertiary/aromatic N) is 5. The summed E-state index contributed by atoms with van der Waals surface area (Å²) in [5.41, 5.74) is -0.0792. The Kier molecular flexibility index (Phi) is 8.78. The van der Waals surface area contributed by atoms with Crippen LogP contribution in [-0.4, -0.2) is 125 Å². The molecule has 0 aliphatic carbocycles. The molecule has 3 saturated heterocycles. The summed E-state index contributed by atoms with van der Waals surface area (Å²) in [5.74, 6) is -4.42. The van der Waals surface area contributed by atoms with E-state index >= 15 is 0 Å². The fraction of sp³-hybridized carbons (Fsp3) is 0.640. The number of benzene rings is 1. The summed E-state index contributed by atoms with van der Waals surface area (Å²) in [6.45, 7) is 0.259. The second kappa shape index (κ2) is 12.0. The van der Waals surface area contributed by atoms with Gasteiger partial charge in [0.2, 0.25) is 10.0 Å². The first kappa shape index (κ1) is 30.6. The van der Waals surface area contributed by atoms with Crippen molar-refractivity contribution < 1.29 is 50.8 Å². The molecule has 1 aromatic heterocycles. The van der Waals surface area contributed by atoms with Crippen molar-refractivity contribution in [1.82, 2.24) is 24.2 Å². The third kappa shape index (κ3) is 5.98. The molecule has 17 heteroatoms. The van der Waals surface area contributed by atoms with E-state index in [2.05, 4.69) is 10.3 Å². The van der Waals surface area contributed by atoms with Crippen molar-refractivity contribution in [2.45, 2.75) is 61.9 Å². The van der Waals surface area contributed by atoms with Crippen molar-refractivity contribution in [2.24, 2.45) is 0 Å². The van der Waals surface area contributed by atoms with E-state index in [9.17, 15) is 36.6 Å². The summed E-state index contributed by atoms with van der Waals surface area (Å²) in [6.07, 6.45) is -1.72. The average molecular weight is 620 g/mol. The zero-order valence-corrected chi connectivity index (χ0v) is 23.7. The van der Waals surface area contributed by atoms with Crippen molar-refractivity contribution in [2.75, 3.05) is 39.6 Å². The number of hydrogen-bond acceptors (Lipinski definition) is 10. The molecule has 0 radical (unpaired) electrons. The van der Waals surface area contributed by atoms with E-state index in [-0.39, 0.29) is 30.3 Å². The summed E-state index contributed by atoms with van der Waals surface area (Å²) < 4.78 is 84.6. The fourth-order valence-electron chi connectivity index (χ4n) is 5.92.